The molecule has 0 fully saturated rings. The summed E-state index contributed by atoms with van der Waals surface area (Å²) in [4.78, 5) is 0. The predicted octanol–water partition coefficient (Wildman–Crippen LogP) is 5.12. The summed E-state index contributed by atoms with van der Waals surface area (Å²) in [6.45, 7) is 5.91. The largest absolute Gasteiger partial charge is 0.490 e. The Morgan fingerprint density at radius 1 is 1.04 bits per heavy atom. The van der Waals surface area contributed by atoms with E-state index < -0.39 is 0 Å². The number of benzene rings is 2. The predicted molar refractivity (Wildman–Crippen MR) is 108 cm³/mol. The molecule has 1 aromatic heterocycles. The van der Waals surface area contributed by atoms with Crippen molar-refractivity contribution in [2.24, 2.45) is 0 Å². The third kappa shape index (κ3) is 3.43. The molecule has 0 saturated heterocycles. The van der Waals surface area contributed by atoms with Crippen LogP contribution in [0.3, 0.4) is 0 Å². The van der Waals surface area contributed by atoms with Crippen LogP contribution in [-0.2, 0) is 6.54 Å². The Hall–Kier alpha value is -2.43. The number of fused-ring (bicyclic) bond motifs is 3. The highest BCUT2D eigenvalue weighted by molar-refractivity contribution is 6.30. The Bertz CT molecular complexity index is 934. The summed E-state index contributed by atoms with van der Waals surface area (Å²) in [6.07, 6.45) is 2.10. The molecule has 0 spiro atoms. The van der Waals surface area contributed by atoms with Gasteiger partial charge in [-0.1, -0.05) is 23.7 Å². The van der Waals surface area contributed by atoms with Gasteiger partial charge in [0.05, 0.1) is 24.9 Å². The highest BCUT2D eigenvalue weighted by Crippen LogP contribution is 2.37. The molecule has 2 heterocycles. The van der Waals surface area contributed by atoms with E-state index in [-0.39, 0.29) is 6.04 Å². The molecule has 0 unspecified atom stereocenters. The standard InChI is InChI=1S/C22H23ClN2O2/c1-3-26-20-12-16-14-24-22(15-7-9-17(23)10-8-15)18-6-5-11-25(18)19(16)13-21(20)27-4-2/h5-13,22,24H,3-4,14H2,1-2H3/t22-/m0/s1. The van der Waals surface area contributed by atoms with Crippen molar-refractivity contribution in [3.05, 3.63) is 76.6 Å². The maximum atomic E-state index is 6.08. The van der Waals surface area contributed by atoms with E-state index in [0.29, 0.717) is 13.2 Å². The van der Waals surface area contributed by atoms with Crippen molar-refractivity contribution in [1.82, 2.24) is 9.88 Å². The first-order valence-corrected chi connectivity index (χ1v) is 9.68. The number of nitrogens with zero attached hydrogens (tertiary/aromatic N) is 1. The van der Waals surface area contributed by atoms with Gasteiger partial charge in [0, 0.05) is 29.5 Å². The summed E-state index contributed by atoms with van der Waals surface area (Å²) in [5, 5.41) is 4.42. The molecular weight excluding hydrogens is 360 g/mol. The van der Waals surface area contributed by atoms with Crippen LogP contribution in [0.1, 0.15) is 36.7 Å². The van der Waals surface area contributed by atoms with Gasteiger partial charge in [0.1, 0.15) is 0 Å². The summed E-state index contributed by atoms with van der Waals surface area (Å²) in [6, 6.07) is 16.5. The fourth-order valence-corrected chi connectivity index (χ4v) is 3.73. The number of ether oxygens (including phenoxy) is 2. The second kappa shape index (κ2) is 7.67. The summed E-state index contributed by atoms with van der Waals surface area (Å²) in [5.41, 5.74) is 4.66. The van der Waals surface area contributed by atoms with E-state index >= 15 is 0 Å². The minimum Gasteiger partial charge on any atom is -0.490 e. The Morgan fingerprint density at radius 3 is 2.44 bits per heavy atom. The molecule has 0 radical (unpaired) electrons. The lowest BCUT2D eigenvalue weighted by Gasteiger charge is -2.18. The molecule has 1 aliphatic rings. The molecule has 3 aromatic rings. The SMILES string of the molecule is CCOc1cc2c(cc1OCC)-n1cccc1[C@H](c1ccc(Cl)cc1)NC2. The molecule has 140 valence electrons. The van der Waals surface area contributed by atoms with Gasteiger partial charge in [0.2, 0.25) is 0 Å². The summed E-state index contributed by atoms with van der Waals surface area (Å²) < 4.78 is 13.9. The van der Waals surface area contributed by atoms with E-state index in [1.165, 1.54) is 16.8 Å². The Labute approximate surface area is 164 Å². The molecule has 4 nitrogen and oxygen atoms in total. The molecule has 2 aromatic carbocycles. The van der Waals surface area contributed by atoms with Gasteiger partial charge in [-0.05, 0) is 55.3 Å². The zero-order valence-electron chi connectivity index (χ0n) is 15.5. The number of hydrogen-bond donors (Lipinski definition) is 1. The Balaban J connectivity index is 1.81. The van der Waals surface area contributed by atoms with Crippen LogP contribution in [0.4, 0.5) is 0 Å². The van der Waals surface area contributed by atoms with Crippen LogP contribution >= 0.6 is 11.6 Å². The van der Waals surface area contributed by atoms with Crippen LogP contribution in [-0.4, -0.2) is 17.8 Å². The normalized spacial score (nSPS) is 15.6. The number of halogens is 1. The zero-order chi connectivity index (χ0) is 18.8. The van der Waals surface area contributed by atoms with Crippen molar-refractivity contribution < 1.29 is 9.47 Å². The van der Waals surface area contributed by atoms with Crippen molar-refractivity contribution in [2.75, 3.05) is 13.2 Å². The van der Waals surface area contributed by atoms with Crippen LogP contribution < -0.4 is 14.8 Å². The molecule has 1 atom stereocenters. The van der Waals surface area contributed by atoms with Gasteiger partial charge in [-0.2, -0.15) is 0 Å². The number of nitrogens with one attached hydrogen (secondary N) is 1. The Morgan fingerprint density at radius 2 is 1.74 bits per heavy atom. The van der Waals surface area contributed by atoms with E-state index in [2.05, 4.69) is 52.5 Å². The fraction of sp³-hybridized carbons (Fsp3) is 0.273. The molecule has 0 amide bonds. The molecule has 0 saturated carbocycles. The van der Waals surface area contributed by atoms with E-state index in [1.54, 1.807) is 0 Å². The average Bonchev–Trinajstić information content (AvgIpc) is 3.09. The van der Waals surface area contributed by atoms with Crippen molar-refractivity contribution in [3.63, 3.8) is 0 Å². The van der Waals surface area contributed by atoms with Gasteiger partial charge in [0.15, 0.2) is 11.5 Å². The summed E-state index contributed by atoms with van der Waals surface area (Å²) in [5.74, 6) is 1.57. The second-order valence-electron chi connectivity index (χ2n) is 6.46. The van der Waals surface area contributed by atoms with Crippen molar-refractivity contribution in [2.45, 2.75) is 26.4 Å². The van der Waals surface area contributed by atoms with Gasteiger partial charge >= 0.3 is 0 Å². The van der Waals surface area contributed by atoms with Crippen molar-refractivity contribution >= 4 is 11.6 Å². The van der Waals surface area contributed by atoms with E-state index in [1.807, 2.05) is 26.0 Å². The quantitative estimate of drug-likeness (QED) is 0.665. The lowest BCUT2D eigenvalue weighted by molar-refractivity contribution is 0.287. The molecule has 27 heavy (non-hydrogen) atoms. The summed E-state index contributed by atoms with van der Waals surface area (Å²) in [7, 11) is 0. The smallest absolute Gasteiger partial charge is 0.163 e. The van der Waals surface area contributed by atoms with Gasteiger partial charge in [-0.3, -0.25) is 0 Å². The van der Waals surface area contributed by atoms with Gasteiger partial charge in [0.25, 0.3) is 0 Å². The first-order chi connectivity index (χ1) is 13.2. The van der Waals surface area contributed by atoms with Crippen LogP contribution in [0.25, 0.3) is 5.69 Å². The number of rotatable bonds is 5. The second-order valence-corrected chi connectivity index (χ2v) is 6.90. The minimum atomic E-state index is 0.0794. The highest BCUT2D eigenvalue weighted by atomic mass is 35.5. The van der Waals surface area contributed by atoms with Crippen LogP contribution in [0.15, 0.2) is 54.7 Å². The zero-order valence-corrected chi connectivity index (χ0v) is 16.3. The average molecular weight is 383 g/mol. The molecular formula is C22H23ClN2O2. The molecule has 4 rings (SSSR count). The van der Waals surface area contributed by atoms with Crippen molar-refractivity contribution in [3.8, 4) is 17.2 Å². The van der Waals surface area contributed by atoms with E-state index in [4.69, 9.17) is 21.1 Å². The third-order valence-corrected chi connectivity index (χ3v) is 5.03. The maximum Gasteiger partial charge on any atom is 0.163 e. The first kappa shape index (κ1) is 18.0. The molecule has 0 bridgehead atoms. The van der Waals surface area contributed by atoms with E-state index in [9.17, 15) is 0 Å². The van der Waals surface area contributed by atoms with Crippen LogP contribution in [0.2, 0.25) is 5.02 Å². The Kier molecular flexibility index (Phi) is 5.10. The molecule has 5 heteroatoms. The lowest BCUT2D eigenvalue weighted by Crippen LogP contribution is -2.21. The topological polar surface area (TPSA) is 35.4 Å². The van der Waals surface area contributed by atoms with E-state index in [0.717, 1.165) is 28.8 Å². The lowest BCUT2D eigenvalue weighted by atomic mass is 10.0. The van der Waals surface area contributed by atoms with Gasteiger partial charge < -0.3 is 19.4 Å². The number of hydrogen-bond acceptors (Lipinski definition) is 3. The molecule has 0 aliphatic carbocycles. The van der Waals surface area contributed by atoms with Gasteiger partial charge in [-0.25, -0.2) is 0 Å². The van der Waals surface area contributed by atoms with Crippen LogP contribution in [0.5, 0.6) is 11.5 Å². The maximum absolute atomic E-state index is 6.08. The minimum absolute atomic E-state index is 0.0794. The van der Waals surface area contributed by atoms with Gasteiger partial charge in [-0.15, -0.1) is 0 Å². The summed E-state index contributed by atoms with van der Waals surface area (Å²) >= 11 is 6.08. The first-order valence-electron chi connectivity index (χ1n) is 9.30. The fourth-order valence-electron chi connectivity index (χ4n) is 3.60. The third-order valence-electron chi connectivity index (χ3n) is 4.78. The molecule has 1 aliphatic heterocycles. The number of aromatic nitrogens is 1. The molecule has 1 N–H and O–H groups in total. The highest BCUT2D eigenvalue weighted by Gasteiger charge is 2.24. The monoisotopic (exact) mass is 382 g/mol. The van der Waals surface area contributed by atoms with Crippen molar-refractivity contribution in [1.29, 1.82) is 0 Å². The van der Waals surface area contributed by atoms with Crippen LogP contribution in [0, 0.1) is 0 Å².